The van der Waals surface area contributed by atoms with E-state index in [0.29, 0.717) is 29.1 Å². The third-order valence-corrected chi connectivity index (χ3v) is 8.63. The summed E-state index contributed by atoms with van der Waals surface area (Å²) in [6.07, 6.45) is 1.06. The summed E-state index contributed by atoms with van der Waals surface area (Å²) in [4.78, 5) is -0.0168. The molecule has 0 fully saturated rings. The van der Waals surface area contributed by atoms with Crippen LogP contribution in [0.4, 0.5) is 15.2 Å². The Morgan fingerprint density at radius 3 is 2.40 bits per heavy atom. The van der Waals surface area contributed by atoms with Gasteiger partial charge in [0.25, 0.3) is 20.0 Å². The molecule has 8 nitrogen and oxygen atoms in total. The molecule has 12 heteroatoms. The highest BCUT2D eigenvalue weighted by molar-refractivity contribution is 7.93. The fourth-order valence-electron chi connectivity index (χ4n) is 3.20. The van der Waals surface area contributed by atoms with Gasteiger partial charge in [-0.25, -0.2) is 21.2 Å². The lowest BCUT2D eigenvalue weighted by Crippen LogP contribution is -2.35. The number of anilines is 2. The number of benzene rings is 2. The Morgan fingerprint density at radius 2 is 1.73 bits per heavy atom. The average molecular weight is 469 g/mol. The van der Waals surface area contributed by atoms with Crippen molar-refractivity contribution < 1.29 is 21.2 Å². The van der Waals surface area contributed by atoms with Crippen LogP contribution in [0.5, 0.6) is 0 Å². The summed E-state index contributed by atoms with van der Waals surface area (Å²) in [7, 11) is -7.80. The van der Waals surface area contributed by atoms with Crippen molar-refractivity contribution in [3.8, 4) is 0 Å². The number of rotatable bonds is 5. The second-order valence-electron chi connectivity index (χ2n) is 6.66. The molecule has 0 bridgehead atoms. The van der Waals surface area contributed by atoms with Crippen LogP contribution in [0.2, 0.25) is 0 Å². The Balaban J connectivity index is 1.68. The summed E-state index contributed by atoms with van der Waals surface area (Å²) < 4.78 is 68.3. The van der Waals surface area contributed by atoms with Crippen molar-refractivity contribution in [1.29, 1.82) is 0 Å². The van der Waals surface area contributed by atoms with Crippen molar-refractivity contribution in [2.45, 2.75) is 29.6 Å². The first kappa shape index (κ1) is 20.7. The third-order valence-electron chi connectivity index (χ3n) is 4.59. The minimum Gasteiger partial charge on any atom is -0.266 e. The number of hydrogen-bond acceptors (Lipinski definition) is 7. The van der Waals surface area contributed by atoms with E-state index < -0.39 is 25.9 Å². The van der Waals surface area contributed by atoms with E-state index in [4.69, 9.17) is 0 Å². The summed E-state index contributed by atoms with van der Waals surface area (Å²) >= 11 is 1.11. The zero-order chi connectivity index (χ0) is 21.5. The van der Waals surface area contributed by atoms with Crippen molar-refractivity contribution in [3.05, 3.63) is 58.9 Å². The van der Waals surface area contributed by atoms with Gasteiger partial charge in [0, 0.05) is 6.54 Å². The number of aromatic nitrogens is 2. The molecule has 0 spiro atoms. The summed E-state index contributed by atoms with van der Waals surface area (Å²) in [6, 6.07) is 8.92. The minimum absolute atomic E-state index is 0.00938. The molecule has 30 heavy (non-hydrogen) atoms. The molecule has 1 aliphatic rings. The average Bonchev–Trinajstić information content (AvgIpc) is 3.11. The Hall–Kier alpha value is -2.57. The largest absolute Gasteiger partial charge is 0.266 e. The van der Waals surface area contributed by atoms with E-state index >= 15 is 0 Å². The topological polar surface area (TPSA) is 109 Å². The van der Waals surface area contributed by atoms with Crippen molar-refractivity contribution >= 4 is 42.2 Å². The van der Waals surface area contributed by atoms with Gasteiger partial charge in [-0.3, -0.25) is 9.03 Å². The molecule has 1 aliphatic heterocycles. The van der Waals surface area contributed by atoms with Gasteiger partial charge in [-0.1, -0.05) is 11.3 Å². The first-order chi connectivity index (χ1) is 14.2. The number of aryl methyl sites for hydroxylation is 2. The van der Waals surface area contributed by atoms with Crippen LogP contribution in [-0.2, 0) is 26.5 Å². The fourth-order valence-corrected chi connectivity index (χ4v) is 6.61. The zero-order valence-corrected chi connectivity index (χ0v) is 18.2. The monoisotopic (exact) mass is 468 g/mol. The highest BCUT2D eigenvalue weighted by Gasteiger charge is 2.30. The number of hydrogen-bond donors (Lipinski definition) is 1. The SMILES string of the molecule is Cc1nnc(NS(=O)(=O)c2ccc3c(c2)CCCN3S(=O)(=O)c2ccc(F)cc2)s1. The zero-order valence-electron chi connectivity index (χ0n) is 15.7. The molecule has 158 valence electrons. The molecule has 1 N–H and O–H groups in total. The van der Waals surface area contributed by atoms with Crippen LogP contribution in [-0.4, -0.2) is 33.6 Å². The highest BCUT2D eigenvalue weighted by atomic mass is 32.2. The highest BCUT2D eigenvalue weighted by Crippen LogP contribution is 2.34. The van der Waals surface area contributed by atoms with Crippen LogP contribution in [0.3, 0.4) is 0 Å². The first-order valence-electron chi connectivity index (χ1n) is 8.91. The lowest BCUT2D eigenvalue weighted by molar-refractivity contribution is 0.585. The molecule has 0 unspecified atom stereocenters. The Morgan fingerprint density at radius 1 is 1.03 bits per heavy atom. The molecule has 4 rings (SSSR count). The number of sulfonamides is 2. The van der Waals surface area contributed by atoms with E-state index in [0.717, 1.165) is 23.5 Å². The van der Waals surface area contributed by atoms with Gasteiger partial charge in [0.05, 0.1) is 15.5 Å². The molecule has 0 aliphatic carbocycles. The van der Waals surface area contributed by atoms with Crippen LogP contribution >= 0.6 is 11.3 Å². The third kappa shape index (κ3) is 3.89. The van der Waals surface area contributed by atoms with Crippen molar-refractivity contribution in [2.24, 2.45) is 0 Å². The number of nitrogens with zero attached hydrogens (tertiary/aromatic N) is 3. The van der Waals surface area contributed by atoms with Crippen LogP contribution < -0.4 is 9.03 Å². The molecular formula is C18H17FN4O4S3. The Bertz CT molecular complexity index is 1310. The predicted octanol–water partition coefficient (Wildman–Crippen LogP) is 2.93. The second-order valence-corrected chi connectivity index (χ2v) is 11.4. The van der Waals surface area contributed by atoms with Crippen LogP contribution in [0.25, 0.3) is 0 Å². The fraction of sp³-hybridized carbons (Fsp3) is 0.222. The van der Waals surface area contributed by atoms with E-state index in [1.807, 2.05) is 0 Å². The molecule has 0 saturated heterocycles. The van der Waals surface area contributed by atoms with E-state index in [1.165, 1.54) is 34.6 Å². The Labute approximate surface area is 177 Å². The second kappa shape index (κ2) is 7.60. The van der Waals surface area contributed by atoms with Crippen molar-refractivity contribution in [2.75, 3.05) is 15.6 Å². The molecule has 2 aromatic carbocycles. The maximum absolute atomic E-state index is 13.2. The maximum atomic E-state index is 13.2. The summed E-state index contributed by atoms with van der Waals surface area (Å²) in [6.45, 7) is 1.96. The molecule has 0 radical (unpaired) electrons. The standard InChI is InChI=1S/C18H17FN4O4S3/c1-12-20-21-18(28-12)22-29(24,25)16-8-9-17-13(11-16)3-2-10-23(17)30(26,27)15-6-4-14(19)5-7-15/h4-9,11H,2-3,10H2,1H3,(H,21,22). The lowest BCUT2D eigenvalue weighted by Gasteiger charge is -2.30. The van der Waals surface area contributed by atoms with E-state index in [9.17, 15) is 21.2 Å². The summed E-state index contributed by atoms with van der Waals surface area (Å²) in [5, 5.41) is 8.33. The molecular weight excluding hydrogens is 451 g/mol. The van der Waals surface area contributed by atoms with Crippen LogP contribution in [0.15, 0.2) is 52.3 Å². The van der Waals surface area contributed by atoms with Gasteiger partial charge in [0.15, 0.2) is 0 Å². The normalized spacial score (nSPS) is 14.4. The molecule has 0 atom stereocenters. The molecule has 1 aromatic heterocycles. The van der Waals surface area contributed by atoms with Crippen molar-refractivity contribution in [1.82, 2.24) is 10.2 Å². The number of halogens is 1. The lowest BCUT2D eigenvalue weighted by atomic mass is 10.0. The van der Waals surface area contributed by atoms with Gasteiger partial charge in [-0.05, 0) is 67.8 Å². The molecule has 0 saturated carbocycles. The van der Waals surface area contributed by atoms with Gasteiger partial charge in [-0.15, -0.1) is 10.2 Å². The number of nitrogens with one attached hydrogen (secondary N) is 1. The van der Waals surface area contributed by atoms with Gasteiger partial charge in [0.1, 0.15) is 10.8 Å². The first-order valence-corrected chi connectivity index (χ1v) is 12.6. The van der Waals surface area contributed by atoms with Crippen LogP contribution in [0.1, 0.15) is 17.0 Å². The summed E-state index contributed by atoms with van der Waals surface area (Å²) in [5.41, 5.74) is 1.01. The predicted molar refractivity (Wildman–Crippen MR) is 111 cm³/mol. The van der Waals surface area contributed by atoms with Crippen LogP contribution in [0, 0.1) is 12.7 Å². The van der Waals surface area contributed by atoms with E-state index in [2.05, 4.69) is 14.9 Å². The van der Waals surface area contributed by atoms with Gasteiger partial charge in [-0.2, -0.15) is 0 Å². The molecule has 2 heterocycles. The smallest absolute Gasteiger partial charge is 0.264 e. The van der Waals surface area contributed by atoms with E-state index in [1.54, 1.807) is 6.92 Å². The Kier molecular flexibility index (Phi) is 5.24. The van der Waals surface area contributed by atoms with E-state index in [-0.39, 0.29) is 21.5 Å². The van der Waals surface area contributed by atoms with Crippen molar-refractivity contribution in [3.63, 3.8) is 0 Å². The minimum atomic E-state index is -3.90. The molecule has 0 amide bonds. The van der Waals surface area contributed by atoms with Gasteiger partial charge in [0.2, 0.25) is 5.13 Å². The van der Waals surface area contributed by atoms with Gasteiger partial charge >= 0.3 is 0 Å². The van der Waals surface area contributed by atoms with Gasteiger partial charge < -0.3 is 0 Å². The summed E-state index contributed by atoms with van der Waals surface area (Å²) in [5.74, 6) is -0.527. The quantitative estimate of drug-likeness (QED) is 0.617. The molecule has 3 aromatic rings. The number of fused-ring (bicyclic) bond motifs is 1. The maximum Gasteiger partial charge on any atom is 0.264 e.